The van der Waals surface area contributed by atoms with Crippen LogP contribution in [0.2, 0.25) is 0 Å². The number of anilines is 1. The molecule has 86 valence electrons. The van der Waals surface area contributed by atoms with E-state index in [4.69, 9.17) is 5.73 Å². The van der Waals surface area contributed by atoms with E-state index in [1.807, 2.05) is 6.92 Å². The van der Waals surface area contributed by atoms with Crippen molar-refractivity contribution in [1.29, 1.82) is 0 Å². The Morgan fingerprint density at radius 2 is 2.25 bits per heavy atom. The predicted octanol–water partition coefficient (Wildman–Crippen LogP) is 0.977. The third kappa shape index (κ3) is 2.29. The molecule has 2 rings (SSSR count). The first-order valence-corrected chi connectivity index (χ1v) is 5.57. The average molecular weight is 220 g/mol. The minimum absolute atomic E-state index is 0.174. The lowest BCUT2D eigenvalue weighted by molar-refractivity contribution is 0.0903. The van der Waals surface area contributed by atoms with Crippen LogP contribution in [0, 0.1) is 5.92 Å². The lowest BCUT2D eigenvalue weighted by Crippen LogP contribution is -2.41. The van der Waals surface area contributed by atoms with E-state index in [1.165, 1.54) is 19.3 Å². The summed E-state index contributed by atoms with van der Waals surface area (Å²) in [4.78, 5) is 11.8. The first kappa shape index (κ1) is 10.9. The highest BCUT2D eigenvalue weighted by Gasteiger charge is 2.25. The molecule has 5 nitrogen and oxygen atoms in total. The molecule has 1 aromatic heterocycles. The van der Waals surface area contributed by atoms with Crippen molar-refractivity contribution in [2.45, 2.75) is 32.2 Å². The van der Waals surface area contributed by atoms with Crippen LogP contribution in [0.25, 0.3) is 0 Å². The smallest absolute Gasteiger partial charge is 0.272 e. The number of nitrogens with one attached hydrogen (secondary N) is 1. The minimum atomic E-state index is -0.174. The molecular weight excluding hydrogens is 204 g/mol. The fraction of sp³-hybridized carbons (Fsp3) is 0.545. The van der Waals surface area contributed by atoms with Gasteiger partial charge in [-0.25, -0.2) is 0 Å². The van der Waals surface area contributed by atoms with Crippen LogP contribution in [0.5, 0.6) is 0 Å². The van der Waals surface area contributed by atoms with Crippen LogP contribution >= 0.6 is 0 Å². The van der Waals surface area contributed by atoms with E-state index in [0.717, 1.165) is 0 Å². The molecule has 1 saturated carbocycles. The van der Waals surface area contributed by atoms with Crippen LogP contribution in [-0.2, 0) is 0 Å². The number of nitrogen functional groups attached to an aromatic ring is 1. The maximum Gasteiger partial charge on any atom is 0.272 e. The third-order valence-electron chi connectivity index (χ3n) is 3.13. The van der Waals surface area contributed by atoms with Gasteiger partial charge in [0.15, 0.2) is 5.69 Å². The second kappa shape index (κ2) is 4.47. The minimum Gasteiger partial charge on any atom is -0.382 e. The van der Waals surface area contributed by atoms with Gasteiger partial charge in [-0.1, -0.05) is 6.42 Å². The summed E-state index contributed by atoms with van der Waals surface area (Å²) in [7, 11) is 0. The Kier molecular flexibility index (Phi) is 3.03. The van der Waals surface area contributed by atoms with Gasteiger partial charge >= 0.3 is 0 Å². The molecule has 0 radical (unpaired) electrons. The van der Waals surface area contributed by atoms with Crippen molar-refractivity contribution in [2.24, 2.45) is 5.92 Å². The molecule has 0 bridgehead atoms. The van der Waals surface area contributed by atoms with Crippen LogP contribution in [0.3, 0.4) is 0 Å². The molecule has 3 N–H and O–H groups in total. The molecule has 1 atom stereocenters. The summed E-state index contributed by atoms with van der Waals surface area (Å²) in [6.07, 6.45) is 3.68. The van der Waals surface area contributed by atoms with Crippen LogP contribution in [0.4, 0.5) is 5.82 Å². The van der Waals surface area contributed by atoms with Gasteiger partial charge in [0.2, 0.25) is 0 Å². The Bertz CT molecular complexity index is 372. The quantitative estimate of drug-likeness (QED) is 0.795. The first-order chi connectivity index (χ1) is 7.66. The van der Waals surface area contributed by atoms with Crippen molar-refractivity contribution < 1.29 is 4.79 Å². The second-order valence-electron chi connectivity index (χ2n) is 4.30. The summed E-state index contributed by atoms with van der Waals surface area (Å²) >= 11 is 0. The maximum absolute atomic E-state index is 11.8. The molecule has 1 fully saturated rings. The van der Waals surface area contributed by atoms with Crippen LogP contribution in [-0.4, -0.2) is 22.1 Å². The van der Waals surface area contributed by atoms with Gasteiger partial charge in [-0.2, -0.15) is 0 Å². The molecule has 0 spiro atoms. The molecule has 1 aromatic rings. The zero-order valence-corrected chi connectivity index (χ0v) is 9.31. The average Bonchev–Trinajstić information content (AvgIpc) is 2.15. The van der Waals surface area contributed by atoms with E-state index in [-0.39, 0.29) is 11.9 Å². The highest BCUT2D eigenvalue weighted by molar-refractivity contribution is 5.92. The van der Waals surface area contributed by atoms with E-state index in [0.29, 0.717) is 17.4 Å². The summed E-state index contributed by atoms with van der Waals surface area (Å²) in [6, 6.07) is 3.38. The fourth-order valence-electron chi connectivity index (χ4n) is 1.80. The Morgan fingerprint density at radius 1 is 1.50 bits per heavy atom. The number of amides is 1. The van der Waals surface area contributed by atoms with Crippen molar-refractivity contribution in [3.63, 3.8) is 0 Å². The van der Waals surface area contributed by atoms with Crippen LogP contribution in [0.1, 0.15) is 36.7 Å². The van der Waals surface area contributed by atoms with E-state index in [2.05, 4.69) is 15.5 Å². The van der Waals surface area contributed by atoms with Crippen LogP contribution in [0.15, 0.2) is 12.1 Å². The molecule has 0 aromatic carbocycles. The zero-order chi connectivity index (χ0) is 11.5. The largest absolute Gasteiger partial charge is 0.382 e. The van der Waals surface area contributed by atoms with Crippen molar-refractivity contribution in [3.8, 4) is 0 Å². The monoisotopic (exact) mass is 220 g/mol. The summed E-state index contributed by atoms with van der Waals surface area (Å²) in [5.74, 6) is 0.765. The molecule has 5 heteroatoms. The lowest BCUT2D eigenvalue weighted by Gasteiger charge is -2.31. The maximum atomic E-state index is 11.8. The number of carbonyl (C=O) groups excluding carboxylic acids is 1. The van der Waals surface area contributed by atoms with Gasteiger partial charge in [0.1, 0.15) is 5.82 Å². The fourth-order valence-corrected chi connectivity index (χ4v) is 1.80. The Hall–Kier alpha value is -1.65. The number of nitrogens with zero attached hydrogens (tertiary/aromatic N) is 2. The van der Waals surface area contributed by atoms with Crippen LogP contribution < -0.4 is 11.1 Å². The highest BCUT2D eigenvalue weighted by atomic mass is 16.2. The summed E-state index contributed by atoms with van der Waals surface area (Å²) in [5, 5.41) is 10.3. The highest BCUT2D eigenvalue weighted by Crippen LogP contribution is 2.29. The van der Waals surface area contributed by atoms with Crippen molar-refractivity contribution in [3.05, 3.63) is 17.8 Å². The lowest BCUT2D eigenvalue weighted by atomic mass is 9.80. The predicted molar refractivity (Wildman–Crippen MR) is 60.7 cm³/mol. The summed E-state index contributed by atoms with van der Waals surface area (Å²) in [5.41, 5.74) is 5.72. The van der Waals surface area contributed by atoms with Crippen molar-refractivity contribution >= 4 is 11.7 Å². The van der Waals surface area contributed by atoms with Gasteiger partial charge in [-0.15, -0.1) is 10.2 Å². The van der Waals surface area contributed by atoms with E-state index in [1.54, 1.807) is 12.1 Å². The van der Waals surface area contributed by atoms with Gasteiger partial charge in [0, 0.05) is 6.04 Å². The van der Waals surface area contributed by atoms with Gasteiger partial charge in [-0.05, 0) is 37.8 Å². The number of rotatable bonds is 3. The second-order valence-corrected chi connectivity index (χ2v) is 4.30. The normalized spacial score (nSPS) is 17.6. The Balaban J connectivity index is 1.94. The van der Waals surface area contributed by atoms with Gasteiger partial charge in [0.05, 0.1) is 0 Å². The number of carbonyl (C=O) groups is 1. The third-order valence-corrected chi connectivity index (χ3v) is 3.13. The molecule has 1 heterocycles. The van der Waals surface area contributed by atoms with E-state index >= 15 is 0 Å². The standard InChI is InChI=1S/C11H16N4O/c1-7(8-3-2-4-8)13-11(16)9-5-6-10(12)15-14-9/h5-8H,2-4H2,1H3,(H2,12,15)(H,13,16). The van der Waals surface area contributed by atoms with Crippen molar-refractivity contribution in [1.82, 2.24) is 15.5 Å². The molecule has 16 heavy (non-hydrogen) atoms. The molecule has 1 unspecified atom stereocenters. The number of aromatic nitrogens is 2. The molecule has 0 saturated heterocycles. The summed E-state index contributed by atoms with van der Waals surface area (Å²) < 4.78 is 0. The van der Waals surface area contributed by atoms with Gasteiger partial charge in [-0.3, -0.25) is 4.79 Å². The molecule has 1 aliphatic carbocycles. The molecule has 1 amide bonds. The van der Waals surface area contributed by atoms with Gasteiger partial charge in [0.25, 0.3) is 5.91 Å². The van der Waals surface area contributed by atoms with Crippen molar-refractivity contribution in [2.75, 3.05) is 5.73 Å². The Labute approximate surface area is 94.4 Å². The number of hydrogen-bond donors (Lipinski definition) is 2. The first-order valence-electron chi connectivity index (χ1n) is 5.57. The molecular formula is C11H16N4O. The van der Waals surface area contributed by atoms with Gasteiger partial charge < -0.3 is 11.1 Å². The number of hydrogen-bond acceptors (Lipinski definition) is 4. The topological polar surface area (TPSA) is 80.9 Å². The van der Waals surface area contributed by atoms with E-state index < -0.39 is 0 Å². The SMILES string of the molecule is CC(NC(=O)c1ccc(N)nn1)C1CCC1. The Morgan fingerprint density at radius 3 is 2.75 bits per heavy atom. The molecule has 0 aliphatic heterocycles. The number of nitrogens with two attached hydrogens (primary N) is 1. The zero-order valence-electron chi connectivity index (χ0n) is 9.31. The molecule has 1 aliphatic rings. The summed E-state index contributed by atoms with van der Waals surface area (Å²) in [6.45, 7) is 2.03. The van der Waals surface area contributed by atoms with E-state index in [9.17, 15) is 4.79 Å².